The molecule has 0 spiro atoms. The van der Waals surface area contributed by atoms with Crippen molar-refractivity contribution in [1.29, 1.82) is 0 Å². The van der Waals surface area contributed by atoms with E-state index in [0.717, 1.165) is 15.8 Å². The molecule has 18 heavy (non-hydrogen) atoms. The summed E-state index contributed by atoms with van der Waals surface area (Å²) in [6.07, 6.45) is 0.123. The van der Waals surface area contributed by atoms with Crippen molar-refractivity contribution in [3.05, 3.63) is 28.2 Å². The van der Waals surface area contributed by atoms with E-state index in [-0.39, 0.29) is 6.10 Å². The van der Waals surface area contributed by atoms with Gasteiger partial charge in [-0.2, -0.15) is 0 Å². The quantitative estimate of drug-likeness (QED) is 0.847. The van der Waals surface area contributed by atoms with Crippen LogP contribution in [-0.4, -0.2) is 23.2 Å². The lowest BCUT2D eigenvalue weighted by molar-refractivity contribution is -0.139. The maximum Gasteiger partial charge on any atom is 0.320 e. The molecule has 1 aromatic carbocycles. The number of rotatable bonds is 6. The van der Waals surface area contributed by atoms with Crippen molar-refractivity contribution in [2.45, 2.75) is 39.5 Å². The highest BCUT2D eigenvalue weighted by Gasteiger charge is 2.10. The molecule has 4 nitrogen and oxygen atoms in total. The molecule has 0 aromatic heterocycles. The van der Waals surface area contributed by atoms with Gasteiger partial charge in [-0.05, 0) is 54.4 Å². The molecule has 1 rings (SSSR count). The highest BCUT2D eigenvalue weighted by atomic mass is 79.9. The zero-order valence-electron chi connectivity index (χ0n) is 10.7. The third-order valence-electron chi connectivity index (χ3n) is 2.34. The predicted molar refractivity (Wildman–Crippen MR) is 73.8 cm³/mol. The van der Waals surface area contributed by atoms with Gasteiger partial charge < -0.3 is 15.2 Å². The number of carbonyl (C=O) groups is 1. The fraction of sp³-hybridized carbons (Fsp3) is 0.462. The summed E-state index contributed by atoms with van der Waals surface area (Å²) >= 11 is 3.44. The van der Waals surface area contributed by atoms with Crippen molar-refractivity contribution in [2.24, 2.45) is 0 Å². The first-order chi connectivity index (χ1) is 8.40. The van der Waals surface area contributed by atoms with Crippen LogP contribution in [0.2, 0.25) is 0 Å². The van der Waals surface area contributed by atoms with Crippen LogP contribution in [0.5, 0.6) is 5.75 Å². The minimum Gasteiger partial charge on any atom is -0.490 e. The molecule has 2 N–H and O–H groups in total. The number of aliphatic carboxylic acids is 1. The third-order valence-corrected chi connectivity index (χ3v) is 2.96. The Morgan fingerprint density at radius 2 is 2.11 bits per heavy atom. The molecule has 1 atom stereocenters. The van der Waals surface area contributed by atoms with Crippen LogP contribution < -0.4 is 10.1 Å². The van der Waals surface area contributed by atoms with Crippen LogP contribution in [0.15, 0.2) is 22.7 Å². The van der Waals surface area contributed by atoms with Crippen LogP contribution in [0, 0.1) is 0 Å². The SMILES string of the molecule is CC(C)Oc1ccc(CNC(C)C(=O)O)cc1Br. The van der Waals surface area contributed by atoms with Gasteiger partial charge in [-0.15, -0.1) is 0 Å². The van der Waals surface area contributed by atoms with Gasteiger partial charge in [0.1, 0.15) is 11.8 Å². The van der Waals surface area contributed by atoms with E-state index in [9.17, 15) is 4.79 Å². The smallest absolute Gasteiger partial charge is 0.320 e. The van der Waals surface area contributed by atoms with Gasteiger partial charge in [0.2, 0.25) is 0 Å². The van der Waals surface area contributed by atoms with E-state index in [2.05, 4.69) is 21.2 Å². The molecular weight excluding hydrogens is 298 g/mol. The van der Waals surface area contributed by atoms with Crippen molar-refractivity contribution in [3.8, 4) is 5.75 Å². The summed E-state index contributed by atoms with van der Waals surface area (Å²) in [4.78, 5) is 10.7. The summed E-state index contributed by atoms with van der Waals surface area (Å²) in [6.45, 7) is 6.06. The monoisotopic (exact) mass is 315 g/mol. The van der Waals surface area contributed by atoms with E-state index in [4.69, 9.17) is 9.84 Å². The van der Waals surface area contributed by atoms with Gasteiger partial charge in [0.05, 0.1) is 10.6 Å². The molecule has 0 radical (unpaired) electrons. The van der Waals surface area contributed by atoms with Gasteiger partial charge in [0.15, 0.2) is 0 Å². The first-order valence-corrected chi connectivity index (χ1v) is 6.60. The molecule has 0 bridgehead atoms. The Kier molecular flexibility index (Phi) is 5.62. The summed E-state index contributed by atoms with van der Waals surface area (Å²) < 4.78 is 6.48. The lowest BCUT2D eigenvalue weighted by Gasteiger charge is -2.13. The lowest BCUT2D eigenvalue weighted by Crippen LogP contribution is -2.33. The largest absolute Gasteiger partial charge is 0.490 e. The Labute approximate surface area is 115 Å². The van der Waals surface area contributed by atoms with Gasteiger partial charge >= 0.3 is 5.97 Å². The Morgan fingerprint density at radius 3 is 2.61 bits per heavy atom. The fourth-order valence-corrected chi connectivity index (χ4v) is 1.88. The lowest BCUT2D eigenvalue weighted by atomic mass is 10.2. The van der Waals surface area contributed by atoms with Crippen molar-refractivity contribution >= 4 is 21.9 Å². The molecular formula is C13H18BrNO3. The second kappa shape index (κ2) is 6.75. The van der Waals surface area contributed by atoms with Gasteiger partial charge in [-0.3, -0.25) is 4.79 Å². The minimum atomic E-state index is -0.853. The van der Waals surface area contributed by atoms with Crippen molar-refractivity contribution in [3.63, 3.8) is 0 Å². The van der Waals surface area contributed by atoms with E-state index in [0.29, 0.717) is 6.54 Å². The predicted octanol–water partition coefficient (Wildman–Crippen LogP) is 2.80. The molecule has 0 aliphatic carbocycles. The topological polar surface area (TPSA) is 58.6 Å². The molecule has 5 heteroatoms. The minimum absolute atomic E-state index is 0.123. The molecule has 0 aliphatic rings. The molecule has 0 amide bonds. The summed E-state index contributed by atoms with van der Waals surface area (Å²) in [5, 5.41) is 11.7. The van der Waals surface area contributed by atoms with Crippen molar-refractivity contribution in [1.82, 2.24) is 5.32 Å². The van der Waals surface area contributed by atoms with Crippen LogP contribution in [0.3, 0.4) is 0 Å². The van der Waals surface area contributed by atoms with E-state index in [1.165, 1.54) is 0 Å². The Morgan fingerprint density at radius 1 is 1.44 bits per heavy atom. The second-order valence-electron chi connectivity index (χ2n) is 4.37. The van der Waals surface area contributed by atoms with Crippen LogP contribution >= 0.6 is 15.9 Å². The third kappa shape index (κ3) is 4.66. The highest BCUT2D eigenvalue weighted by molar-refractivity contribution is 9.10. The molecule has 1 aromatic rings. The zero-order chi connectivity index (χ0) is 13.7. The first-order valence-electron chi connectivity index (χ1n) is 5.81. The molecule has 0 saturated carbocycles. The van der Waals surface area contributed by atoms with Gasteiger partial charge in [-0.1, -0.05) is 6.07 Å². The average Bonchev–Trinajstić information content (AvgIpc) is 2.28. The maximum atomic E-state index is 10.7. The normalized spacial score (nSPS) is 12.5. The number of nitrogens with one attached hydrogen (secondary N) is 1. The van der Waals surface area contributed by atoms with Crippen LogP contribution in [-0.2, 0) is 11.3 Å². The number of carboxylic acid groups (broad SMARTS) is 1. The number of halogens is 1. The Bertz CT molecular complexity index is 421. The van der Waals surface area contributed by atoms with E-state index < -0.39 is 12.0 Å². The highest BCUT2D eigenvalue weighted by Crippen LogP contribution is 2.26. The summed E-state index contributed by atoms with van der Waals surface area (Å²) in [5.41, 5.74) is 1.01. The van der Waals surface area contributed by atoms with E-state index in [1.807, 2.05) is 32.0 Å². The number of benzene rings is 1. The van der Waals surface area contributed by atoms with Gasteiger partial charge in [0, 0.05) is 6.54 Å². The molecule has 0 aliphatic heterocycles. The maximum absolute atomic E-state index is 10.7. The summed E-state index contributed by atoms with van der Waals surface area (Å²) in [7, 11) is 0. The van der Waals surface area contributed by atoms with Gasteiger partial charge in [0.25, 0.3) is 0 Å². The molecule has 0 saturated heterocycles. The fourth-order valence-electron chi connectivity index (χ4n) is 1.36. The van der Waals surface area contributed by atoms with Crippen LogP contribution in [0.4, 0.5) is 0 Å². The standard InChI is InChI=1S/C13H18BrNO3/c1-8(2)18-12-5-4-10(6-11(12)14)7-15-9(3)13(16)17/h4-6,8-9,15H,7H2,1-3H3,(H,16,17). The van der Waals surface area contributed by atoms with Crippen molar-refractivity contribution < 1.29 is 14.6 Å². The summed E-state index contributed by atoms with van der Waals surface area (Å²) in [6, 6.07) is 5.17. The second-order valence-corrected chi connectivity index (χ2v) is 5.23. The van der Waals surface area contributed by atoms with Crippen LogP contribution in [0.1, 0.15) is 26.3 Å². The number of hydrogen-bond acceptors (Lipinski definition) is 3. The first kappa shape index (κ1) is 15.0. The number of hydrogen-bond donors (Lipinski definition) is 2. The zero-order valence-corrected chi connectivity index (χ0v) is 12.3. The Hall–Kier alpha value is -1.07. The molecule has 1 unspecified atom stereocenters. The van der Waals surface area contributed by atoms with Crippen LogP contribution in [0.25, 0.3) is 0 Å². The number of carboxylic acids is 1. The number of ether oxygens (including phenoxy) is 1. The van der Waals surface area contributed by atoms with E-state index >= 15 is 0 Å². The molecule has 0 heterocycles. The van der Waals surface area contributed by atoms with Gasteiger partial charge in [-0.25, -0.2) is 0 Å². The average molecular weight is 316 g/mol. The molecule has 0 fully saturated rings. The van der Waals surface area contributed by atoms with Crippen molar-refractivity contribution in [2.75, 3.05) is 0 Å². The Balaban J connectivity index is 2.64. The molecule has 100 valence electrons. The van der Waals surface area contributed by atoms with E-state index in [1.54, 1.807) is 6.92 Å². The summed E-state index contributed by atoms with van der Waals surface area (Å²) in [5.74, 6) is -0.0612.